The number of aliphatic hydroxyl groups excluding tert-OH is 1. The highest BCUT2D eigenvalue weighted by Gasteiger charge is 2.35. The molecule has 0 saturated carbocycles. The number of aliphatic hydroxyl groups is 1. The van der Waals surface area contributed by atoms with Crippen LogP contribution in [0.1, 0.15) is 30.4 Å². The molecule has 1 N–H and O–H groups in total. The Hall–Kier alpha value is -1.14. The summed E-state index contributed by atoms with van der Waals surface area (Å²) in [5.74, 6) is 0. The molecule has 0 unspecified atom stereocenters. The van der Waals surface area contributed by atoms with E-state index in [1.807, 2.05) is 0 Å². The molecule has 3 aliphatic rings. The Bertz CT molecular complexity index is 603. The lowest BCUT2D eigenvalue weighted by atomic mass is 10.0. The van der Waals surface area contributed by atoms with Gasteiger partial charge in [0.25, 0.3) is 0 Å². The molecule has 0 spiro atoms. The minimum absolute atomic E-state index is 0.286. The van der Waals surface area contributed by atoms with Gasteiger partial charge in [0, 0.05) is 57.1 Å². The van der Waals surface area contributed by atoms with Crippen LogP contribution in [0.5, 0.6) is 0 Å². The zero-order chi connectivity index (χ0) is 17.9. The van der Waals surface area contributed by atoms with Crippen LogP contribution >= 0.6 is 0 Å². The standard InChI is InChI=1S/C21H33N3O2/c1-17-13-19(22-8-11-26-12-9-22)5-4-18(17)14-24-16-20-3-2-7-23(20)15-21(24)6-10-25/h4-5,13,20-21,25H,2-3,6-12,14-16H2,1H3/t20-,21-/m0/s1. The van der Waals surface area contributed by atoms with Crippen LogP contribution in [-0.4, -0.2) is 79.5 Å². The second kappa shape index (κ2) is 8.26. The lowest BCUT2D eigenvalue weighted by molar-refractivity contribution is 0.0332. The van der Waals surface area contributed by atoms with E-state index in [1.54, 1.807) is 0 Å². The Balaban J connectivity index is 1.46. The number of ether oxygens (including phenoxy) is 1. The minimum atomic E-state index is 0.286. The Morgan fingerprint density at radius 1 is 1.15 bits per heavy atom. The van der Waals surface area contributed by atoms with Crippen molar-refractivity contribution in [3.05, 3.63) is 29.3 Å². The van der Waals surface area contributed by atoms with Crippen molar-refractivity contribution in [1.82, 2.24) is 9.80 Å². The Morgan fingerprint density at radius 3 is 2.77 bits per heavy atom. The van der Waals surface area contributed by atoms with Crippen molar-refractivity contribution in [2.75, 3.05) is 57.4 Å². The van der Waals surface area contributed by atoms with Gasteiger partial charge in [0.05, 0.1) is 13.2 Å². The molecule has 2 atom stereocenters. The van der Waals surface area contributed by atoms with Crippen molar-refractivity contribution in [3.8, 4) is 0 Å². The fraction of sp³-hybridized carbons (Fsp3) is 0.714. The van der Waals surface area contributed by atoms with Crippen LogP contribution in [0.2, 0.25) is 0 Å². The number of hydrogen-bond acceptors (Lipinski definition) is 5. The van der Waals surface area contributed by atoms with Gasteiger partial charge in [0.2, 0.25) is 0 Å². The Morgan fingerprint density at radius 2 is 2.00 bits per heavy atom. The molecular weight excluding hydrogens is 326 g/mol. The zero-order valence-corrected chi connectivity index (χ0v) is 16.1. The van der Waals surface area contributed by atoms with Crippen LogP contribution in [0, 0.1) is 6.92 Å². The molecule has 3 heterocycles. The van der Waals surface area contributed by atoms with E-state index in [1.165, 1.54) is 36.2 Å². The molecule has 5 nitrogen and oxygen atoms in total. The summed E-state index contributed by atoms with van der Waals surface area (Å²) in [5.41, 5.74) is 4.13. The molecule has 0 amide bonds. The summed E-state index contributed by atoms with van der Waals surface area (Å²) in [6.45, 7) is 10.7. The first kappa shape index (κ1) is 18.2. The molecule has 144 valence electrons. The molecule has 0 aromatic heterocycles. The van der Waals surface area contributed by atoms with Gasteiger partial charge in [-0.1, -0.05) is 6.07 Å². The Kier molecular flexibility index (Phi) is 5.79. The zero-order valence-electron chi connectivity index (χ0n) is 16.1. The lowest BCUT2D eigenvalue weighted by Gasteiger charge is -2.44. The molecule has 26 heavy (non-hydrogen) atoms. The largest absolute Gasteiger partial charge is 0.396 e. The summed E-state index contributed by atoms with van der Waals surface area (Å²) < 4.78 is 5.47. The SMILES string of the molecule is Cc1cc(N2CCOCC2)ccc1CN1C[C@@H]2CCCN2C[C@@H]1CCO. The van der Waals surface area contributed by atoms with Gasteiger partial charge in [0.15, 0.2) is 0 Å². The third kappa shape index (κ3) is 3.91. The van der Waals surface area contributed by atoms with Crippen LogP contribution in [0.3, 0.4) is 0 Å². The van der Waals surface area contributed by atoms with E-state index in [2.05, 4.69) is 39.8 Å². The second-order valence-corrected chi connectivity index (χ2v) is 8.10. The van der Waals surface area contributed by atoms with E-state index < -0.39 is 0 Å². The number of benzene rings is 1. The average Bonchev–Trinajstić information content (AvgIpc) is 3.11. The fourth-order valence-corrected chi connectivity index (χ4v) is 4.86. The molecule has 3 aliphatic heterocycles. The highest BCUT2D eigenvalue weighted by molar-refractivity contribution is 5.51. The van der Waals surface area contributed by atoms with Crippen LogP contribution in [0.25, 0.3) is 0 Å². The van der Waals surface area contributed by atoms with Crippen LogP contribution in [0.4, 0.5) is 5.69 Å². The van der Waals surface area contributed by atoms with Crippen molar-refractivity contribution in [3.63, 3.8) is 0 Å². The predicted molar refractivity (Wildman–Crippen MR) is 105 cm³/mol. The first-order valence-electron chi connectivity index (χ1n) is 10.3. The van der Waals surface area contributed by atoms with Gasteiger partial charge in [-0.3, -0.25) is 9.80 Å². The normalized spacial score (nSPS) is 27.7. The van der Waals surface area contributed by atoms with E-state index in [0.29, 0.717) is 6.04 Å². The number of piperazine rings is 1. The van der Waals surface area contributed by atoms with Gasteiger partial charge in [-0.15, -0.1) is 0 Å². The third-order valence-corrected chi connectivity index (χ3v) is 6.44. The van der Waals surface area contributed by atoms with Crippen molar-refractivity contribution in [2.24, 2.45) is 0 Å². The van der Waals surface area contributed by atoms with E-state index in [-0.39, 0.29) is 6.61 Å². The first-order chi connectivity index (χ1) is 12.7. The second-order valence-electron chi connectivity index (χ2n) is 8.10. The summed E-state index contributed by atoms with van der Waals surface area (Å²) in [6, 6.07) is 8.14. The molecule has 0 bridgehead atoms. The molecule has 1 aromatic carbocycles. The molecular formula is C21H33N3O2. The molecule has 4 rings (SSSR count). The van der Waals surface area contributed by atoms with Crippen molar-refractivity contribution < 1.29 is 9.84 Å². The molecule has 0 aliphatic carbocycles. The Labute approximate surface area is 157 Å². The third-order valence-electron chi connectivity index (χ3n) is 6.44. The maximum absolute atomic E-state index is 9.52. The van der Waals surface area contributed by atoms with Crippen LogP contribution in [-0.2, 0) is 11.3 Å². The number of anilines is 1. The highest BCUT2D eigenvalue weighted by Crippen LogP contribution is 2.28. The van der Waals surface area contributed by atoms with Gasteiger partial charge in [-0.05, 0) is 56.0 Å². The monoisotopic (exact) mass is 359 g/mol. The predicted octanol–water partition coefficient (Wildman–Crippen LogP) is 1.86. The summed E-state index contributed by atoms with van der Waals surface area (Å²) in [5, 5.41) is 9.52. The van der Waals surface area contributed by atoms with Crippen molar-refractivity contribution in [2.45, 2.75) is 44.8 Å². The summed E-state index contributed by atoms with van der Waals surface area (Å²) in [6.07, 6.45) is 3.54. The van der Waals surface area contributed by atoms with Gasteiger partial charge >= 0.3 is 0 Å². The maximum Gasteiger partial charge on any atom is 0.0642 e. The summed E-state index contributed by atoms with van der Waals surface area (Å²) in [4.78, 5) is 7.69. The van der Waals surface area contributed by atoms with Gasteiger partial charge < -0.3 is 14.7 Å². The van der Waals surface area contributed by atoms with E-state index in [4.69, 9.17) is 4.74 Å². The minimum Gasteiger partial charge on any atom is -0.396 e. The molecule has 3 fully saturated rings. The topological polar surface area (TPSA) is 39.2 Å². The number of fused-ring (bicyclic) bond motifs is 1. The number of hydrogen-bond donors (Lipinski definition) is 1. The van der Waals surface area contributed by atoms with E-state index in [9.17, 15) is 5.11 Å². The lowest BCUT2D eigenvalue weighted by Crippen LogP contribution is -2.55. The van der Waals surface area contributed by atoms with E-state index >= 15 is 0 Å². The number of aryl methyl sites for hydroxylation is 1. The summed E-state index contributed by atoms with van der Waals surface area (Å²) in [7, 11) is 0. The first-order valence-corrected chi connectivity index (χ1v) is 10.3. The quantitative estimate of drug-likeness (QED) is 0.869. The number of morpholine rings is 1. The molecule has 0 radical (unpaired) electrons. The number of nitrogens with zero attached hydrogens (tertiary/aromatic N) is 3. The smallest absolute Gasteiger partial charge is 0.0642 e. The molecule has 5 heteroatoms. The number of rotatable bonds is 5. The van der Waals surface area contributed by atoms with Gasteiger partial charge in [-0.2, -0.15) is 0 Å². The van der Waals surface area contributed by atoms with E-state index in [0.717, 1.165) is 58.4 Å². The highest BCUT2D eigenvalue weighted by atomic mass is 16.5. The van der Waals surface area contributed by atoms with Crippen LogP contribution in [0.15, 0.2) is 18.2 Å². The molecule has 3 saturated heterocycles. The van der Waals surface area contributed by atoms with Crippen molar-refractivity contribution in [1.29, 1.82) is 0 Å². The van der Waals surface area contributed by atoms with Crippen molar-refractivity contribution >= 4 is 5.69 Å². The van der Waals surface area contributed by atoms with Gasteiger partial charge in [0.1, 0.15) is 0 Å². The summed E-state index contributed by atoms with van der Waals surface area (Å²) >= 11 is 0. The average molecular weight is 360 g/mol. The van der Waals surface area contributed by atoms with Gasteiger partial charge in [-0.25, -0.2) is 0 Å². The fourth-order valence-electron chi connectivity index (χ4n) is 4.86. The van der Waals surface area contributed by atoms with Crippen LogP contribution < -0.4 is 4.90 Å². The maximum atomic E-state index is 9.52. The molecule has 1 aromatic rings.